The third kappa shape index (κ3) is 2.16. The molecule has 2 aromatic heterocycles. The van der Waals surface area contributed by atoms with Crippen molar-refractivity contribution in [1.29, 1.82) is 0 Å². The molecule has 3 heterocycles. The Bertz CT molecular complexity index is 452. The summed E-state index contributed by atoms with van der Waals surface area (Å²) in [5.74, 6) is 2.68. The molecule has 4 nitrogen and oxygen atoms in total. The maximum Gasteiger partial charge on any atom is 0.128 e. The van der Waals surface area contributed by atoms with Crippen molar-refractivity contribution in [2.75, 3.05) is 18.0 Å². The van der Waals surface area contributed by atoms with Crippen LogP contribution in [0.3, 0.4) is 0 Å². The van der Waals surface area contributed by atoms with E-state index in [9.17, 15) is 0 Å². The summed E-state index contributed by atoms with van der Waals surface area (Å²) in [5, 5.41) is 0. The molecule has 1 N–H and O–H groups in total. The highest BCUT2D eigenvalue weighted by atomic mass is 15.2. The predicted octanol–water partition coefficient (Wildman–Crippen LogP) is 2.19. The fourth-order valence-corrected chi connectivity index (χ4v) is 2.45. The lowest BCUT2D eigenvalue weighted by atomic mass is 9.97. The van der Waals surface area contributed by atoms with Gasteiger partial charge in [-0.15, -0.1) is 0 Å². The second-order valence-corrected chi connectivity index (χ2v) is 4.45. The van der Waals surface area contributed by atoms with Crippen molar-refractivity contribution in [3.63, 3.8) is 0 Å². The molecule has 3 rings (SSSR count). The summed E-state index contributed by atoms with van der Waals surface area (Å²) in [7, 11) is 0. The predicted molar refractivity (Wildman–Crippen MR) is 67.0 cm³/mol. The van der Waals surface area contributed by atoms with Gasteiger partial charge in [-0.1, -0.05) is 6.07 Å². The Kier molecular flexibility index (Phi) is 2.78. The maximum absolute atomic E-state index is 4.41. The van der Waals surface area contributed by atoms with Crippen LogP contribution >= 0.6 is 0 Å². The van der Waals surface area contributed by atoms with E-state index < -0.39 is 0 Å². The molecule has 1 saturated heterocycles. The summed E-state index contributed by atoms with van der Waals surface area (Å²) < 4.78 is 0. The van der Waals surface area contributed by atoms with Crippen LogP contribution in [0.25, 0.3) is 0 Å². The number of anilines is 1. The zero-order valence-corrected chi connectivity index (χ0v) is 9.71. The van der Waals surface area contributed by atoms with E-state index in [1.165, 1.54) is 12.8 Å². The Morgan fingerprint density at radius 2 is 2.24 bits per heavy atom. The highest BCUT2D eigenvalue weighted by molar-refractivity contribution is 5.38. The smallest absolute Gasteiger partial charge is 0.128 e. The first-order valence-electron chi connectivity index (χ1n) is 6.09. The summed E-state index contributed by atoms with van der Waals surface area (Å²) in [6, 6.07) is 6.07. The molecular weight excluding hydrogens is 212 g/mol. The lowest BCUT2D eigenvalue weighted by Crippen LogP contribution is -2.35. The summed E-state index contributed by atoms with van der Waals surface area (Å²) in [5.41, 5.74) is 0. The topological polar surface area (TPSA) is 44.8 Å². The number of aromatic nitrogens is 3. The second kappa shape index (κ2) is 4.57. The summed E-state index contributed by atoms with van der Waals surface area (Å²) >= 11 is 0. The van der Waals surface area contributed by atoms with Gasteiger partial charge in [0, 0.05) is 37.6 Å². The van der Waals surface area contributed by atoms with E-state index in [1.807, 2.05) is 30.7 Å². The van der Waals surface area contributed by atoms with Gasteiger partial charge in [-0.3, -0.25) is 0 Å². The van der Waals surface area contributed by atoms with Gasteiger partial charge in [-0.25, -0.2) is 9.97 Å². The van der Waals surface area contributed by atoms with Gasteiger partial charge in [0.05, 0.1) is 0 Å². The first-order chi connectivity index (χ1) is 8.43. The number of hydrogen-bond acceptors (Lipinski definition) is 3. The molecule has 0 amide bonds. The Morgan fingerprint density at radius 3 is 3.00 bits per heavy atom. The molecule has 1 fully saturated rings. The highest BCUT2D eigenvalue weighted by Crippen LogP contribution is 2.26. The van der Waals surface area contributed by atoms with Crippen molar-refractivity contribution in [2.24, 2.45) is 0 Å². The molecule has 0 saturated carbocycles. The molecular formula is C13H16N4. The molecule has 0 bridgehead atoms. The lowest BCUT2D eigenvalue weighted by molar-refractivity contribution is 0.491. The van der Waals surface area contributed by atoms with E-state index in [-0.39, 0.29) is 0 Å². The number of H-pyrrole nitrogens is 1. The monoisotopic (exact) mass is 228 g/mol. The van der Waals surface area contributed by atoms with Crippen molar-refractivity contribution < 1.29 is 0 Å². The zero-order chi connectivity index (χ0) is 11.5. The maximum atomic E-state index is 4.41. The molecule has 17 heavy (non-hydrogen) atoms. The highest BCUT2D eigenvalue weighted by Gasteiger charge is 2.23. The number of piperidine rings is 1. The molecule has 88 valence electrons. The van der Waals surface area contributed by atoms with Crippen LogP contribution in [0, 0.1) is 0 Å². The van der Waals surface area contributed by atoms with Gasteiger partial charge in [0.15, 0.2) is 0 Å². The van der Waals surface area contributed by atoms with E-state index in [2.05, 4.69) is 25.9 Å². The van der Waals surface area contributed by atoms with Gasteiger partial charge in [0.1, 0.15) is 11.6 Å². The van der Waals surface area contributed by atoms with Gasteiger partial charge in [-0.05, 0) is 25.0 Å². The number of nitrogens with zero attached hydrogens (tertiary/aromatic N) is 3. The number of pyridine rings is 1. The van der Waals surface area contributed by atoms with Crippen LogP contribution in [0.5, 0.6) is 0 Å². The van der Waals surface area contributed by atoms with Crippen molar-refractivity contribution >= 4 is 5.82 Å². The third-order valence-corrected chi connectivity index (χ3v) is 3.30. The van der Waals surface area contributed by atoms with Crippen molar-refractivity contribution in [3.05, 3.63) is 42.6 Å². The molecule has 1 atom stereocenters. The van der Waals surface area contributed by atoms with E-state index in [0.717, 1.165) is 24.7 Å². The first-order valence-corrected chi connectivity index (χ1v) is 6.09. The van der Waals surface area contributed by atoms with Crippen LogP contribution < -0.4 is 4.90 Å². The molecule has 1 aliphatic rings. The summed E-state index contributed by atoms with van der Waals surface area (Å²) in [6.07, 6.45) is 7.98. The number of aromatic amines is 1. The Morgan fingerprint density at radius 1 is 1.24 bits per heavy atom. The minimum Gasteiger partial charge on any atom is -0.356 e. The molecule has 0 aromatic carbocycles. The van der Waals surface area contributed by atoms with Crippen molar-refractivity contribution in [3.8, 4) is 0 Å². The summed E-state index contributed by atoms with van der Waals surface area (Å²) in [4.78, 5) is 14.3. The van der Waals surface area contributed by atoms with E-state index in [1.54, 1.807) is 0 Å². The largest absolute Gasteiger partial charge is 0.356 e. The number of hydrogen-bond donors (Lipinski definition) is 1. The van der Waals surface area contributed by atoms with E-state index in [4.69, 9.17) is 0 Å². The van der Waals surface area contributed by atoms with Gasteiger partial charge >= 0.3 is 0 Å². The Labute approximate surface area is 101 Å². The number of imidazole rings is 1. The van der Waals surface area contributed by atoms with Crippen LogP contribution in [0.15, 0.2) is 36.8 Å². The first kappa shape index (κ1) is 10.3. The van der Waals surface area contributed by atoms with Crippen molar-refractivity contribution in [1.82, 2.24) is 15.0 Å². The van der Waals surface area contributed by atoms with E-state index >= 15 is 0 Å². The van der Waals surface area contributed by atoms with Crippen LogP contribution in [-0.2, 0) is 0 Å². The van der Waals surface area contributed by atoms with Gasteiger partial charge in [-0.2, -0.15) is 0 Å². The number of nitrogens with one attached hydrogen (secondary N) is 1. The standard InChI is InChI=1S/C13H16N4/c1-2-6-14-12(5-1)17-9-3-4-11(10-17)13-15-7-8-16-13/h1-2,5-8,11H,3-4,9-10H2,(H,15,16). The quantitative estimate of drug-likeness (QED) is 0.857. The lowest BCUT2D eigenvalue weighted by Gasteiger charge is -2.32. The second-order valence-electron chi connectivity index (χ2n) is 4.45. The van der Waals surface area contributed by atoms with Crippen LogP contribution in [0.1, 0.15) is 24.6 Å². The molecule has 4 heteroatoms. The minimum absolute atomic E-state index is 0.501. The molecule has 0 spiro atoms. The van der Waals surface area contributed by atoms with Crippen LogP contribution in [0.4, 0.5) is 5.82 Å². The minimum atomic E-state index is 0.501. The average Bonchev–Trinajstić information content (AvgIpc) is 2.94. The van der Waals surface area contributed by atoms with E-state index in [0.29, 0.717) is 5.92 Å². The Hall–Kier alpha value is -1.84. The molecule has 1 aliphatic heterocycles. The van der Waals surface area contributed by atoms with Crippen LogP contribution in [-0.4, -0.2) is 28.0 Å². The average molecular weight is 228 g/mol. The molecule has 0 aliphatic carbocycles. The third-order valence-electron chi connectivity index (χ3n) is 3.30. The molecule has 1 unspecified atom stereocenters. The van der Waals surface area contributed by atoms with Gasteiger partial charge < -0.3 is 9.88 Å². The zero-order valence-electron chi connectivity index (χ0n) is 9.71. The number of rotatable bonds is 2. The molecule has 2 aromatic rings. The fraction of sp³-hybridized carbons (Fsp3) is 0.385. The summed E-state index contributed by atoms with van der Waals surface area (Å²) in [6.45, 7) is 2.10. The Balaban J connectivity index is 1.76. The fourth-order valence-electron chi connectivity index (χ4n) is 2.45. The van der Waals surface area contributed by atoms with Gasteiger partial charge in [0.2, 0.25) is 0 Å². The van der Waals surface area contributed by atoms with Gasteiger partial charge in [0.25, 0.3) is 0 Å². The van der Waals surface area contributed by atoms with Crippen molar-refractivity contribution in [2.45, 2.75) is 18.8 Å². The van der Waals surface area contributed by atoms with Crippen LogP contribution in [0.2, 0.25) is 0 Å². The molecule has 0 radical (unpaired) electrons. The SMILES string of the molecule is c1ccc(N2CCCC(c3ncc[nH]3)C2)nc1. The normalized spacial score (nSPS) is 20.5.